The molecule has 1 aromatic carbocycles. The van der Waals surface area contributed by atoms with Crippen LogP contribution >= 0.6 is 15.9 Å². The zero-order valence-electron chi connectivity index (χ0n) is 9.47. The van der Waals surface area contributed by atoms with Gasteiger partial charge in [-0.2, -0.15) is 0 Å². The number of carbonyl (C=O) groups is 1. The molecule has 1 aromatic rings. The van der Waals surface area contributed by atoms with Crippen LogP contribution in [-0.2, 0) is 4.74 Å². The maximum Gasteiger partial charge on any atom is 0.349 e. The summed E-state index contributed by atoms with van der Waals surface area (Å²) in [5, 5.41) is 0. The van der Waals surface area contributed by atoms with Crippen molar-refractivity contribution in [3.63, 3.8) is 0 Å². The van der Waals surface area contributed by atoms with Gasteiger partial charge in [-0.15, -0.1) is 0 Å². The Bertz CT molecular complexity index is 499. The van der Waals surface area contributed by atoms with Crippen LogP contribution in [0.3, 0.4) is 0 Å². The van der Waals surface area contributed by atoms with Crippen LogP contribution in [0.15, 0.2) is 10.5 Å². The summed E-state index contributed by atoms with van der Waals surface area (Å²) in [6, 6.07) is 1.19. The fourth-order valence-electron chi connectivity index (χ4n) is 1.61. The number of fused-ring (bicyclic) bond motifs is 1. The molecule has 0 radical (unpaired) electrons. The maximum absolute atomic E-state index is 13.6. The van der Waals surface area contributed by atoms with Crippen LogP contribution in [0.25, 0.3) is 0 Å². The van der Waals surface area contributed by atoms with Crippen LogP contribution in [0, 0.1) is 5.82 Å². The molecule has 0 saturated carbocycles. The highest BCUT2D eigenvalue weighted by atomic mass is 79.9. The Morgan fingerprint density at radius 2 is 2.06 bits per heavy atom. The monoisotopic (exact) mass is 304 g/mol. The number of ether oxygens (including phenoxy) is 3. The number of cyclic esters (lactones) is 1. The molecule has 4 nitrogen and oxygen atoms in total. The van der Waals surface area contributed by atoms with Crippen molar-refractivity contribution in [2.24, 2.45) is 0 Å². The van der Waals surface area contributed by atoms with Crippen LogP contribution in [0.1, 0.15) is 24.2 Å². The minimum absolute atomic E-state index is 0.0429. The Balaban J connectivity index is 2.70. The molecule has 0 unspecified atom stereocenters. The van der Waals surface area contributed by atoms with Crippen LogP contribution in [0.2, 0.25) is 0 Å². The minimum Gasteiger partial charge on any atom is -0.493 e. The normalized spacial score (nSPS) is 16.9. The molecule has 0 saturated heterocycles. The lowest BCUT2D eigenvalue weighted by molar-refractivity contribution is -0.128. The molecule has 0 N–H and O–H groups in total. The van der Waals surface area contributed by atoms with Gasteiger partial charge in [0.05, 0.1) is 11.6 Å². The average molecular weight is 305 g/mol. The van der Waals surface area contributed by atoms with Gasteiger partial charge in [0.1, 0.15) is 5.56 Å². The fourth-order valence-corrected chi connectivity index (χ4v) is 2.09. The first-order chi connectivity index (χ1) is 7.85. The summed E-state index contributed by atoms with van der Waals surface area (Å²) in [6.45, 7) is 3.19. The third kappa shape index (κ3) is 1.97. The summed E-state index contributed by atoms with van der Waals surface area (Å²) in [5.41, 5.74) is -0.0429. The molecule has 0 spiro atoms. The van der Waals surface area contributed by atoms with E-state index < -0.39 is 17.6 Å². The van der Waals surface area contributed by atoms with Gasteiger partial charge in [-0.3, -0.25) is 0 Å². The van der Waals surface area contributed by atoms with Crippen molar-refractivity contribution in [3.05, 3.63) is 21.9 Å². The summed E-state index contributed by atoms with van der Waals surface area (Å²) in [7, 11) is 1.28. The van der Waals surface area contributed by atoms with E-state index >= 15 is 0 Å². The average Bonchev–Trinajstić information content (AvgIpc) is 2.19. The maximum atomic E-state index is 13.6. The number of hydrogen-bond donors (Lipinski definition) is 0. The van der Waals surface area contributed by atoms with E-state index in [-0.39, 0.29) is 17.1 Å². The van der Waals surface area contributed by atoms with Gasteiger partial charge in [-0.25, -0.2) is 9.18 Å². The highest BCUT2D eigenvalue weighted by Gasteiger charge is 2.38. The summed E-state index contributed by atoms with van der Waals surface area (Å²) in [4.78, 5) is 11.8. The lowest BCUT2D eigenvalue weighted by Gasteiger charge is -2.32. The van der Waals surface area contributed by atoms with Crippen molar-refractivity contribution in [2.45, 2.75) is 19.6 Å². The molecule has 0 fully saturated rings. The molecule has 0 aromatic heterocycles. The van der Waals surface area contributed by atoms with Crippen molar-refractivity contribution < 1.29 is 23.4 Å². The Morgan fingerprint density at radius 1 is 1.41 bits per heavy atom. The van der Waals surface area contributed by atoms with Crippen LogP contribution in [-0.4, -0.2) is 18.9 Å². The quantitative estimate of drug-likeness (QED) is 0.748. The topological polar surface area (TPSA) is 44.8 Å². The molecule has 92 valence electrons. The van der Waals surface area contributed by atoms with Crippen molar-refractivity contribution in [1.82, 2.24) is 0 Å². The molecule has 17 heavy (non-hydrogen) atoms. The highest BCUT2D eigenvalue weighted by molar-refractivity contribution is 9.10. The predicted octanol–water partition coefficient (Wildman–Crippen LogP) is 2.88. The second-order valence-corrected chi connectivity index (χ2v) is 4.82. The predicted molar refractivity (Wildman–Crippen MR) is 60.8 cm³/mol. The molecular formula is C11H10BrFO4. The highest BCUT2D eigenvalue weighted by Crippen LogP contribution is 2.43. The van der Waals surface area contributed by atoms with Gasteiger partial charge >= 0.3 is 5.97 Å². The van der Waals surface area contributed by atoms with E-state index in [4.69, 9.17) is 14.2 Å². The molecule has 6 heteroatoms. The third-order valence-electron chi connectivity index (χ3n) is 2.24. The zero-order valence-corrected chi connectivity index (χ0v) is 11.1. The Hall–Kier alpha value is -1.30. The van der Waals surface area contributed by atoms with E-state index in [2.05, 4.69) is 15.9 Å². The number of hydrogen-bond acceptors (Lipinski definition) is 4. The van der Waals surface area contributed by atoms with Gasteiger partial charge in [-0.1, -0.05) is 0 Å². The molecule has 0 bridgehead atoms. The Kier molecular flexibility index (Phi) is 2.77. The van der Waals surface area contributed by atoms with E-state index in [9.17, 15) is 9.18 Å². The van der Waals surface area contributed by atoms with E-state index in [1.165, 1.54) is 13.2 Å². The van der Waals surface area contributed by atoms with Crippen LogP contribution in [0.5, 0.6) is 11.5 Å². The molecule has 0 atom stereocenters. The van der Waals surface area contributed by atoms with E-state index in [1.807, 2.05) is 0 Å². The summed E-state index contributed by atoms with van der Waals surface area (Å²) < 4.78 is 29.3. The van der Waals surface area contributed by atoms with Gasteiger partial charge in [-0.05, 0) is 22.0 Å². The molecule has 2 rings (SSSR count). The SMILES string of the molecule is COc1c(F)cc(Br)c2c1C(=O)OC(C)(C)O2. The van der Waals surface area contributed by atoms with Crippen molar-refractivity contribution in [3.8, 4) is 11.5 Å². The smallest absolute Gasteiger partial charge is 0.349 e. The fraction of sp³-hybridized carbons (Fsp3) is 0.364. The first-order valence-electron chi connectivity index (χ1n) is 4.84. The number of halogens is 2. The number of rotatable bonds is 1. The Labute approximate surface area is 106 Å². The van der Waals surface area contributed by atoms with Gasteiger partial charge in [0.15, 0.2) is 17.3 Å². The first kappa shape index (κ1) is 12.2. The second kappa shape index (κ2) is 3.87. The lowest BCUT2D eigenvalue weighted by atomic mass is 10.1. The van der Waals surface area contributed by atoms with Crippen LogP contribution in [0.4, 0.5) is 4.39 Å². The first-order valence-corrected chi connectivity index (χ1v) is 5.63. The molecule has 1 aliphatic heterocycles. The molecule has 1 heterocycles. The van der Waals surface area contributed by atoms with E-state index in [1.54, 1.807) is 13.8 Å². The standard InChI is InChI=1S/C11H10BrFO4/c1-11(2)16-8-5(12)4-6(13)9(15-3)7(8)10(14)17-11/h4H,1-3H3. The third-order valence-corrected chi connectivity index (χ3v) is 2.83. The number of carbonyl (C=O) groups excluding carboxylic acids is 1. The lowest BCUT2D eigenvalue weighted by Crippen LogP contribution is -2.39. The van der Waals surface area contributed by atoms with Crippen molar-refractivity contribution in [1.29, 1.82) is 0 Å². The summed E-state index contributed by atoms with van der Waals surface area (Å²) >= 11 is 3.15. The second-order valence-electron chi connectivity index (χ2n) is 3.97. The van der Waals surface area contributed by atoms with Gasteiger partial charge < -0.3 is 14.2 Å². The number of esters is 1. The summed E-state index contributed by atoms with van der Waals surface area (Å²) in [5.74, 6) is -2.37. The zero-order chi connectivity index (χ0) is 12.8. The van der Waals surface area contributed by atoms with Gasteiger partial charge in [0, 0.05) is 13.8 Å². The molecule has 0 amide bonds. The van der Waals surface area contributed by atoms with Gasteiger partial charge in [0.25, 0.3) is 0 Å². The number of methoxy groups -OCH3 is 1. The summed E-state index contributed by atoms with van der Waals surface area (Å²) in [6.07, 6.45) is 0. The van der Waals surface area contributed by atoms with Crippen molar-refractivity contribution >= 4 is 21.9 Å². The largest absolute Gasteiger partial charge is 0.493 e. The minimum atomic E-state index is -1.09. The van der Waals surface area contributed by atoms with E-state index in [0.29, 0.717) is 4.47 Å². The van der Waals surface area contributed by atoms with Gasteiger partial charge in [0.2, 0.25) is 5.79 Å². The van der Waals surface area contributed by atoms with Crippen molar-refractivity contribution in [2.75, 3.05) is 7.11 Å². The van der Waals surface area contributed by atoms with E-state index in [0.717, 1.165) is 0 Å². The molecule has 1 aliphatic rings. The molecule has 0 aliphatic carbocycles. The molecular weight excluding hydrogens is 295 g/mol. The number of benzene rings is 1. The van der Waals surface area contributed by atoms with Crippen LogP contribution < -0.4 is 9.47 Å². The Morgan fingerprint density at radius 3 is 2.65 bits per heavy atom.